The summed E-state index contributed by atoms with van der Waals surface area (Å²) in [4.78, 5) is 27.2. The fraction of sp³-hybridized carbons (Fsp3) is 0.556. The third kappa shape index (κ3) is 5.36. The maximum atomic E-state index is 11.8. The van der Waals surface area contributed by atoms with Crippen LogP contribution in [0.15, 0.2) is 24.3 Å². The number of rotatable bonds is 5. The van der Waals surface area contributed by atoms with Gasteiger partial charge in [-0.1, -0.05) is 18.6 Å². The number of benzene rings is 1. The molecule has 1 aliphatic heterocycles. The molecule has 2 rings (SSSR count). The molecule has 2 amide bonds. The first-order valence-electron chi connectivity index (χ1n) is 8.28. The first-order chi connectivity index (χ1) is 11.0. The number of hydrogen-bond donors (Lipinski definition) is 1. The lowest BCUT2D eigenvalue weighted by Crippen LogP contribution is -2.36. The van der Waals surface area contributed by atoms with Crippen LogP contribution >= 0.6 is 0 Å². The minimum absolute atomic E-state index is 0.125. The second kappa shape index (κ2) is 8.11. The lowest BCUT2D eigenvalue weighted by atomic mass is 10.0. The molecule has 1 N–H and O–H groups in total. The Hall–Kier alpha value is -1.88. The van der Waals surface area contributed by atoms with Crippen LogP contribution in [0.1, 0.15) is 38.2 Å². The molecule has 1 heterocycles. The van der Waals surface area contributed by atoms with Crippen LogP contribution in [0.5, 0.6) is 0 Å². The summed E-state index contributed by atoms with van der Waals surface area (Å²) in [5.41, 5.74) is 1.98. The third-order valence-corrected chi connectivity index (χ3v) is 4.37. The SMILES string of the molecule is CC1CCCCN1Cc1ccc(NC(=O)CC(=O)N(C)C)cc1. The number of carbonyl (C=O) groups excluding carboxylic acids is 2. The van der Waals surface area contributed by atoms with Gasteiger partial charge in [-0.3, -0.25) is 14.5 Å². The number of piperidine rings is 1. The highest BCUT2D eigenvalue weighted by atomic mass is 16.2. The van der Waals surface area contributed by atoms with Gasteiger partial charge in [-0.2, -0.15) is 0 Å². The van der Waals surface area contributed by atoms with Crippen molar-refractivity contribution in [2.75, 3.05) is 26.0 Å². The summed E-state index contributed by atoms with van der Waals surface area (Å²) in [5.74, 6) is -0.473. The monoisotopic (exact) mass is 317 g/mol. The molecule has 0 spiro atoms. The fourth-order valence-electron chi connectivity index (χ4n) is 2.82. The molecule has 1 aliphatic rings. The molecule has 1 fully saturated rings. The van der Waals surface area contributed by atoms with E-state index in [0.717, 1.165) is 18.8 Å². The van der Waals surface area contributed by atoms with Crippen molar-refractivity contribution in [2.24, 2.45) is 0 Å². The third-order valence-electron chi connectivity index (χ3n) is 4.37. The van der Waals surface area contributed by atoms with E-state index in [9.17, 15) is 9.59 Å². The van der Waals surface area contributed by atoms with E-state index in [4.69, 9.17) is 0 Å². The highest BCUT2D eigenvalue weighted by Crippen LogP contribution is 2.20. The van der Waals surface area contributed by atoms with Gasteiger partial charge in [0.25, 0.3) is 0 Å². The number of hydrogen-bond acceptors (Lipinski definition) is 3. The highest BCUT2D eigenvalue weighted by molar-refractivity contribution is 6.03. The highest BCUT2D eigenvalue weighted by Gasteiger charge is 2.18. The van der Waals surface area contributed by atoms with Gasteiger partial charge in [-0.25, -0.2) is 0 Å². The van der Waals surface area contributed by atoms with E-state index in [2.05, 4.69) is 17.1 Å². The summed E-state index contributed by atoms with van der Waals surface area (Å²) < 4.78 is 0. The van der Waals surface area contributed by atoms with Crippen molar-refractivity contribution in [3.63, 3.8) is 0 Å². The number of anilines is 1. The molecule has 1 atom stereocenters. The number of likely N-dealkylation sites (tertiary alicyclic amines) is 1. The van der Waals surface area contributed by atoms with Crippen LogP contribution in [-0.2, 0) is 16.1 Å². The van der Waals surface area contributed by atoms with Gasteiger partial charge in [0.2, 0.25) is 11.8 Å². The molecule has 1 saturated heterocycles. The Balaban J connectivity index is 1.86. The van der Waals surface area contributed by atoms with Crippen LogP contribution in [0.25, 0.3) is 0 Å². The van der Waals surface area contributed by atoms with Gasteiger partial charge in [-0.15, -0.1) is 0 Å². The van der Waals surface area contributed by atoms with E-state index in [-0.39, 0.29) is 18.2 Å². The first-order valence-corrected chi connectivity index (χ1v) is 8.28. The Kier molecular flexibility index (Phi) is 6.16. The summed E-state index contributed by atoms with van der Waals surface area (Å²) in [7, 11) is 3.29. The van der Waals surface area contributed by atoms with Crippen molar-refractivity contribution in [3.05, 3.63) is 29.8 Å². The van der Waals surface area contributed by atoms with Crippen molar-refractivity contribution >= 4 is 17.5 Å². The van der Waals surface area contributed by atoms with Crippen molar-refractivity contribution in [3.8, 4) is 0 Å². The molecular weight excluding hydrogens is 290 g/mol. The Morgan fingerprint density at radius 2 is 1.91 bits per heavy atom. The molecule has 5 heteroatoms. The zero-order chi connectivity index (χ0) is 16.8. The summed E-state index contributed by atoms with van der Waals surface area (Å²) in [5, 5.41) is 2.77. The second-order valence-electron chi connectivity index (χ2n) is 6.53. The second-order valence-corrected chi connectivity index (χ2v) is 6.53. The topological polar surface area (TPSA) is 52.7 Å². The lowest BCUT2D eigenvalue weighted by Gasteiger charge is -2.33. The van der Waals surface area contributed by atoms with Crippen LogP contribution in [0.4, 0.5) is 5.69 Å². The standard InChI is InChI=1S/C18H27N3O2/c1-14-6-4-5-11-21(14)13-15-7-9-16(10-8-15)19-17(22)12-18(23)20(2)3/h7-10,14H,4-6,11-13H2,1-3H3,(H,19,22). The Morgan fingerprint density at radius 1 is 1.22 bits per heavy atom. The Labute approximate surface area is 138 Å². The molecule has 0 aromatic heterocycles. The van der Waals surface area contributed by atoms with Crippen LogP contribution in [0.2, 0.25) is 0 Å². The smallest absolute Gasteiger partial charge is 0.233 e. The van der Waals surface area contributed by atoms with E-state index in [1.165, 1.54) is 29.7 Å². The summed E-state index contributed by atoms with van der Waals surface area (Å²) in [6.07, 6.45) is 3.75. The fourth-order valence-corrected chi connectivity index (χ4v) is 2.82. The van der Waals surface area contributed by atoms with Crippen molar-refractivity contribution < 1.29 is 9.59 Å². The predicted octanol–water partition coefficient (Wildman–Crippen LogP) is 2.48. The number of nitrogens with one attached hydrogen (secondary N) is 1. The quantitative estimate of drug-likeness (QED) is 0.849. The zero-order valence-corrected chi connectivity index (χ0v) is 14.3. The predicted molar refractivity (Wildman–Crippen MR) is 92.1 cm³/mol. The largest absolute Gasteiger partial charge is 0.348 e. The molecule has 0 saturated carbocycles. The molecular formula is C18H27N3O2. The molecule has 1 aromatic carbocycles. The van der Waals surface area contributed by atoms with Crippen molar-refractivity contribution in [2.45, 2.75) is 45.2 Å². The van der Waals surface area contributed by atoms with Gasteiger partial charge in [0.15, 0.2) is 0 Å². The molecule has 0 aliphatic carbocycles. The first kappa shape index (κ1) is 17.5. The number of carbonyl (C=O) groups is 2. The normalized spacial score (nSPS) is 18.5. The van der Waals surface area contributed by atoms with Gasteiger partial charge in [0, 0.05) is 32.4 Å². The molecule has 126 valence electrons. The van der Waals surface area contributed by atoms with Gasteiger partial charge in [0.1, 0.15) is 6.42 Å². The van der Waals surface area contributed by atoms with Gasteiger partial charge < -0.3 is 10.2 Å². The minimum atomic E-state index is -0.277. The van der Waals surface area contributed by atoms with E-state index < -0.39 is 0 Å². The van der Waals surface area contributed by atoms with Crippen LogP contribution < -0.4 is 5.32 Å². The molecule has 1 aromatic rings. The summed E-state index contributed by atoms with van der Waals surface area (Å²) in [6.45, 7) is 4.40. The lowest BCUT2D eigenvalue weighted by molar-refractivity contribution is -0.132. The van der Waals surface area contributed by atoms with Crippen molar-refractivity contribution in [1.82, 2.24) is 9.80 Å². The number of amides is 2. The average molecular weight is 317 g/mol. The zero-order valence-electron chi connectivity index (χ0n) is 14.3. The van der Waals surface area contributed by atoms with E-state index in [1.807, 2.05) is 24.3 Å². The van der Waals surface area contributed by atoms with E-state index in [1.54, 1.807) is 14.1 Å². The molecule has 1 unspecified atom stereocenters. The van der Waals surface area contributed by atoms with E-state index >= 15 is 0 Å². The van der Waals surface area contributed by atoms with Crippen molar-refractivity contribution in [1.29, 1.82) is 0 Å². The van der Waals surface area contributed by atoms with Gasteiger partial charge >= 0.3 is 0 Å². The Morgan fingerprint density at radius 3 is 2.52 bits per heavy atom. The molecule has 23 heavy (non-hydrogen) atoms. The summed E-state index contributed by atoms with van der Waals surface area (Å²) in [6, 6.07) is 8.54. The molecule has 5 nitrogen and oxygen atoms in total. The van der Waals surface area contributed by atoms with Crippen LogP contribution in [-0.4, -0.2) is 48.3 Å². The maximum Gasteiger partial charge on any atom is 0.233 e. The van der Waals surface area contributed by atoms with Gasteiger partial charge in [0.05, 0.1) is 0 Å². The maximum absolute atomic E-state index is 11.8. The number of nitrogens with zero attached hydrogens (tertiary/aromatic N) is 2. The average Bonchev–Trinajstić information content (AvgIpc) is 2.51. The van der Waals surface area contributed by atoms with Gasteiger partial charge in [-0.05, 0) is 44.0 Å². The minimum Gasteiger partial charge on any atom is -0.348 e. The van der Waals surface area contributed by atoms with Crippen LogP contribution in [0, 0.1) is 0 Å². The van der Waals surface area contributed by atoms with E-state index in [0.29, 0.717) is 6.04 Å². The summed E-state index contributed by atoms with van der Waals surface area (Å²) >= 11 is 0. The molecule has 0 bridgehead atoms. The molecule has 0 radical (unpaired) electrons. The Bertz CT molecular complexity index is 540. The van der Waals surface area contributed by atoms with Crippen LogP contribution in [0.3, 0.4) is 0 Å².